The van der Waals surface area contributed by atoms with Crippen molar-refractivity contribution in [1.29, 1.82) is 0 Å². The molecule has 3 heterocycles. The number of fused-ring (bicyclic) bond motifs is 2. The summed E-state index contributed by atoms with van der Waals surface area (Å²) in [5.41, 5.74) is 1.48. The van der Waals surface area contributed by atoms with Crippen LogP contribution in [0.3, 0.4) is 0 Å². The molecule has 1 atom stereocenters. The summed E-state index contributed by atoms with van der Waals surface area (Å²) in [6.07, 6.45) is 1.53. The predicted octanol–water partition coefficient (Wildman–Crippen LogP) is 3.05. The molecule has 0 aliphatic carbocycles. The summed E-state index contributed by atoms with van der Waals surface area (Å²) >= 11 is 1.24. The first-order valence-electron chi connectivity index (χ1n) is 9.18. The summed E-state index contributed by atoms with van der Waals surface area (Å²) in [4.78, 5) is 30.9. The van der Waals surface area contributed by atoms with E-state index in [9.17, 15) is 9.59 Å². The summed E-state index contributed by atoms with van der Waals surface area (Å²) in [6, 6.07) is 5.43. The Morgan fingerprint density at radius 1 is 1.32 bits per heavy atom. The van der Waals surface area contributed by atoms with E-state index in [0.29, 0.717) is 51.9 Å². The van der Waals surface area contributed by atoms with E-state index < -0.39 is 0 Å². The van der Waals surface area contributed by atoms with Gasteiger partial charge < -0.3 is 14.8 Å². The number of nitrogens with zero attached hydrogens (tertiary/aromatic N) is 2. The van der Waals surface area contributed by atoms with Crippen LogP contribution in [0.25, 0.3) is 10.2 Å². The van der Waals surface area contributed by atoms with E-state index in [2.05, 4.69) is 10.3 Å². The van der Waals surface area contributed by atoms with Gasteiger partial charge in [0.15, 0.2) is 11.5 Å². The molecule has 0 fully saturated rings. The highest BCUT2D eigenvalue weighted by molar-refractivity contribution is 7.20. The van der Waals surface area contributed by atoms with Gasteiger partial charge in [0.25, 0.3) is 11.5 Å². The van der Waals surface area contributed by atoms with Gasteiger partial charge in [-0.15, -0.1) is 11.3 Å². The quantitative estimate of drug-likeness (QED) is 0.729. The highest BCUT2D eigenvalue weighted by Gasteiger charge is 2.22. The van der Waals surface area contributed by atoms with Gasteiger partial charge in [0, 0.05) is 6.54 Å². The zero-order valence-electron chi connectivity index (χ0n) is 15.9. The fourth-order valence-electron chi connectivity index (χ4n) is 3.28. The predicted molar refractivity (Wildman–Crippen MR) is 108 cm³/mol. The molecule has 8 heteroatoms. The fraction of sp³-hybridized carbons (Fsp3) is 0.350. The molecule has 3 aromatic rings. The Balaban J connectivity index is 1.61. The molecule has 0 bridgehead atoms. The molecule has 4 rings (SSSR count). The van der Waals surface area contributed by atoms with Crippen LogP contribution in [0.4, 0.5) is 0 Å². The van der Waals surface area contributed by atoms with Gasteiger partial charge in [-0.2, -0.15) is 0 Å². The third-order valence-corrected chi connectivity index (χ3v) is 6.08. The summed E-state index contributed by atoms with van der Waals surface area (Å²) < 4.78 is 12.7. The van der Waals surface area contributed by atoms with Crippen LogP contribution in [0.2, 0.25) is 0 Å². The summed E-state index contributed by atoms with van der Waals surface area (Å²) in [7, 11) is 0. The molecule has 1 aliphatic rings. The third-order valence-electron chi connectivity index (χ3n) is 4.88. The second kappa shape index (κ2) is 7.27. The monoisotopic (exact) mass is 399 g/mol. The molecule has 7 nitrogen and oxygen atoms in total. The van der Waals surface area contributed by atoms with E-state index in [1.807, 2.05) is 32.0 Å². The molecule has 28 heavy (non-hydrogen) atoms. The molecule has 0 unspecified atom stereocenters. The summed E-state index contributed by atoms with van der Waals surface area (Å²) in [5, 5.41) is 3.53. The largest absolute Gasteiger partial charge is 0.486 e. The molecule has 0 saturated carbocycles. The minimum atomic E-state index is -0.229. The number of benzene rings is 1. The molecule has 1 amide bonds. The lowest BCUT2D eigenvalue weighted by molar-refractivity contribution is 0.0943. The average Bonchev–Trinajstić information content (AvgIpc) is 3.05. The Morgan fingerprint density at radius 3 is 2.82 bits per heavy atom. The molecular formula is C20H21N3O4S. The molecule has 1 aliphatic heterocycles. The maximum atomic E-state index is 12.9. The highest BCUT2D eigenvalue weighted by atomic mass is 32.1. The van der Waals surface area contributed by atoms with Crippen LogP contribution in [-0.4, -0.2) is 28.7 Å². The van der Waals surface area contributed by atoms with Gasteiger partial charge in [-0.3, -0.25) is 14.2 Å². The minimum Gasteiger partial charge on any atom is -0.486 e. The number of aromatic nitrogens is 2. The Kier molecular flexibility index (Phi) is 4.80. The average molecular weight is 399 g/mol. The van der Waals surface area contributed by atoms with Gasteiger partial charge in [-0.1, -0.05) is 6.07 Å². The standard InChI is InChI=1S/C20H21N3O4S/c1-4-23-10-21-19-16(20(23)25)11(2)17(28-19)18(24)22-12(3)13-5-6-14-15(9-13)27-8-7-26-14/h5-6,9-10,12H,4,7-8H2,1-3H3,(H,22,24)/t12-/m1/s1. The third kappa shape index (κ3) is 3.13. The Labute approximate surface area is 165 Å². The number of hydrogen-bond acceptors (Lipinski definition) is 6. The van der Waals surface area contributed by atoms with Gasteiger partial charge >= 0.3 is 0 Å². The number of carbonyl (C=O) groups is 1. The van der Waals surface area contributed by atoms with Crippen LogP contribution in [-0.2, 0) is 6.54 Å². The number of carbonyl (C=O) groups excluding carboxylic acids is 1. The molecule has 1 N–H and O–H groups in total. The first kappa shape index (κ1) is 18.5. The SMILES string of the molecule is CCn1cnc2sc(C(=O)N[C@H](C)c3ccc4c(c3)OCCO4)c(C)c2c1=O. The van der Waals surface area contributed by atoms with E-state index in [4.69, 9.17) is 9.47 Å². The van der Waals surface area contributed by atoms with E-state index in [0.717, 1.165) is 5.56 Å². The van der Waals surface area contributed by atoms with Gasteiger partial charge in [-0.05, 0) is 44.0 Å². The van der Waals surface area contributed by atoms with Crippen LogP contribution in [0, 0.1) is 6.92 Å². The molecule has 1 aromatic carbocycles. The number of thiophene rings is 1. The van der Waals surface area contributed by atoms with Crippen LogP contribution in [0.1, 0.15) is 40.7 Å². The van der Waals surface area contributed by atoms with Crippen molar-refractivity contribution in [3.05, 3.63) is 50.9 Å². The summed E-state index contributed by atoms with van der Waals surface area (Å²) in [5.74, 6) is 1.18. The first-order chi connectivity index (χ1) is 13.5. The summed E-state index contributed by atoms with van der Waals surface area (Å²) in [6.45, 7) is 7.19. The van der Waals surface area contributed by atoms with Gasteiger partial charge in [-0.25, -0.2) is 4.98 Å². The normalized spacial score (nSPS) is 14.1. The van der Waals surface area contributed by atoms with Crippen molar-refractivity contribution in [2.24, 2.45) is 0 Å². The van der Waals surface area contributed by atoms with Crippen molar-refractivity contribution in [1.82, 2.24) is 14.9 Å². The molecule has 0 saturated heterocycles. The lowest BCUT2D eigenvalue weighted by Crippen LogP contribution is -2.27. The number of ether oxygens (including phenoxy) is 2. The Hall–Kier alpha value is -2.87. The van der Waals surface area contributed by atoms with Crippen molar-refractivity contribution in [3.63, 3.8) is 0 Å². The number of hydrogen-bond donors (Lipinski definition) is 1. The lowest BCUT2D eigenvalue weighted by atomic mass is 10.1. The number of amides is 1. The maximum Gasteiger partial charge on any atom is 0.262 e. The maximum absolute atomic E-state index is 12.9. The fourth-order valence-corrected chi connectivity index (χ4v) is 4.32. The lowest BCUT2D eigenvalue weighted by Gasteiger charge is -2.21. The second-order valence-electron chi connectivity index (χ2n) is 6.67. The van der Waals surface area contributed by atoms with Crippen molar-refractivity contribution < 1.29 is 14.3 Å². The van der Waals surface area contributed by atoms with Crippen molar-refractivity contribution in [2.45, 2.75) is 33.4 Å². The second-order valence-corrected chi connectivity index (χ2v) is 7.67. The van der Waals surface area contributed by atoms with E-state index in [-0.39, 0.29) is 17.5 Å². The number of rotatable bonds is 4. The van der Waals surface area contributed by atoms with E-state index >= 15 is 0 Å². The number of aryl methyl sites for hydroxylation is 2. The molecule has 0 radical (unpaired) electrons. The van der Waals surface area contributed by atoms with E-state index in [1.54, 1.807) is 11.5 Å². The Morgan fingerprint density at radius 2 is 2.07 bits per heavy atom. The topological polar surface area (TPSA) is 82.5 Å². The van der Waals surface area contributed by atoms with E-state index in [1.165, 1.54) is 17.7 Å². The molecule has 0 spiro atoms. The van der Waals surface area contributed by atoms with Gasteiger partial charge in [0.2, 0.25) is 0 Å². The smallest absolute Gasteiger partial charge is 0.262 e. The van der Waals surface area contributed by atoms with Crippen LogP contribution < -0.4 is 20.3 Å². The number of nitrogens with one attached hydrogen (secondary N) is 1. The molecule has 2 aromatic heterocycles. The first-order valence-corrected chi connectivity index (χ1v) is 10.00. The highest BCUT2D eigenvalue weighted by Crippen LogP contribution is 2.33. The minimum absolute atomic E-state index is 0.111. The van der Waals surface area contributed by atoms with Crippen molar-refractivity contribution >= 4 is 27.5 Å². The van der Waals surface area contributed by atoms with Gasteiger partial charge in [0.1, 0.15) is 18.0 Å². The van der Waals surface area contributed by atoms with Gasteiger partial charge in [0.05, 0.1) is 22.6 Å². The van der Waals surface area contributed by atoms with Crippen LogP contribution >= 0.6 is 11.3 Å². The Bertz CT molecular complexity index is 1120. The van der Waals surface area contributed by atoms with Crippen molar-refractivity contribution in [2.75, 3.05) is 13.2 Å². The zero-order valence-corrected chi connectivity index (χ0v) is 16.8. The van der Waals surface area contributed by atoms with Crippen LogP contribution in [0.15, 0.2) is 29.3 Å². The van der Waals surface area contributed by atoms with Crippen molar-refractivity contribution in [3.8, 4) is 11.5 Å². The van der Waals surface area contributed by atoms with Crippen LogP contribution in [0.5, 0.6) is 11.5 Å². The molecular weight excluding hydrogens is 378 g/mol. The molecule has 146 valence electrons. The zero-order chi connectivity index (χ0) is 19.8.